The molecule has 0 aromatic heterocycles. The summed E-state index contributed by atoms with van der Waals surface area (Å²) >= 11 is 0. The molecule has 0 spiro atoms. The average Bonchev–Trinajstić information content (AvgIpc) is 3.16. The monoisotopic (exact) mass is 767 g/mol. The van der Waals surface area contributed by atoms with Gasteiger partial charge in [0.25, 0.3) is 0 Å². The number of aliphatic hydroxyl groups excluding tert-OH is 2. The molecule has 0 fully saturated rings. The first-order valence-electron chi connectivity index (χ1n) is 18.3. The first kappa shape index (κ1) is 48.9. The van der Waals surface area contributed by atoms with Crippen molar-refractivity contribution in [1.82, 2.24) is 0 Å². The minimum Gasteiger partial charge on any atom is -0.481 e. The van der Waals surface area contributed by atoms with Crippen molar-refractivity contribution in [2.24, 2.45) is 0 Å². The van der Waals surface area contributed by atoms with E-state index in [1.54, 1.807) is 6.07 Å². The summed E-state index contributed by atoms with van der Waals surface area (Å²) in [7, 11) is 1.94. The Hall–Kier alpha value is -2.07. The maximum atomic E-state index is 10.3. The van der Waals surface area contributed by atoms with Gasteiger partial charge in [-0.25, -0.2) is 0 Å². The second-order valence-corrected chi connectivity index (χ2v) is 11.2. The van der Waals surface area contributed by atoms with E-state index < -0.39 is 5.97 Å². The zero-order valence-electron chi connectivity index (χ0n) is 31.6. The van der Waals surface area contributed by atoms with Gasteiger partial charge < -0.3 is 77.1 Å². The van der Waals surface area contributed by atoms with Crippen molar-refractivity contribution in [3.05, 3.63) is 29.3 Å². The second-order valence-electron chi connectivity index (χ2n) is 11.2. The summed E-state index contributed by atoms with van der Waals surface area (Å²) in [6.07, 6.45) is -0.00700. The van der Waals surface area contributed by atoms with Gasteiger partial charge in [0.1, 0.15) is 0 Å². The number of anilines is 1. The quantitative estimate of drug-likeness (QED) is 0.0791. The molecule has 53 heavy (non-hydrogen) atoms. The number of benzene rings is 1. The molecule has 1 rings (SSSR count). The molecule has 0 unspecified atom stereocenters. The van der Waals surface area contributed by atoms with Crippen molar-refractivity contribution >= 4 is 11.7 Å². The largest absolute Gasteiger partial charge is 0.481 e. The molecular formula is C36H65NO16. The van der Waals surface area contributed by atoms with Crippen molar-refractivity contribution < 1.29 is 77.0 Å². The fourth-order valence-electron chi connectivity index (χ4n) is 4.16. The van der Waals surface area contributed by atoms with E-state index in [2.05, 4.69) is 0 Å². The molecule has 0 aliphatic heterocycles. The highest BCUT2D eigenvalue weighted by Gasteiger charge is 2.05. The maximum Gasteiger partial charge on any atom is 0.305 e. The van der Waals surface area contributed by atoms with Crippen LogP contribution in [0.5, 0.6) is 0 Å². The summed E-state index contributed by atoms with van der Waals surface area (Å²) in [5.74, 6) is -0.878. The SMILES string of the molecule is CN(CCOCCOCCOCCOCCOCCOCCOCCOCCOCCOCCOCCOCCC(=O)O)c1cc(CO)cc(CO)c1. The Morgan fingerprint density at radius 3 is 0.925 bits per heavy atom. The van der Waals surface area contributed by atoms with Gasteiger partial charge in [0, 0.05) is 19.3 Å². The van der Waals surface area contributed by atoms with Crippen LogP contribution in [-0.2, 0) is 74.9 Å². The molecule has 0 amide bonds. The predicted molar refractivity (Wildman–Crippen MR) is 194 cm³/mol. The van der Waals surface area contributed by atoms with E-state index in [0.717, 1.165) is 16.8 Å². The molecule has 0 aliphatic carbocycles. The molecule has 17 heteroatoms. The second kappa shape index (κ2) is 38.2. The molecule has 0 aliphatic rings. The van der Waals surface area contributed by atoms with E-state index in [1.807, 2.05) is 24.1 Å². The Labute approximate surface area is 314 Å². The van der Waals surface area contributed by atoms with Gasteiger partial charge in [-0.1, -0.05) is 6.07 Å². The van der Waals surface area contributed by atoms with Gasteiger partial charge in [0.15, 0.2) is 0 Å². The van der Waals surface area contributed by atoms with Crippen LogP contribution in [0.3, 0.4) is 0 Å². The number of hydrogen-bond acceptors (Lipinski definition) is 16. The summed E-state index contributed by atoms with van der Waals surface area (Å²) < 4.78 is 65.3. The number of carboxylic acid groups (broad SMARTS) is 1. The standard InChI is InChI=1S/C36H65NO16/c1-37(35-29-33(31-38)28-34(30-35)32-39)3-5-43-7-9-45-11-13-47-15-17-49-19-21-51-23-25-53-27-26-52-24-22-50-20-18-48-16-14-46-12-10-44-8-6-42-4-2-36(40)41/h28-30,38-39H,2-27,31-32H2,1H3,(H,40,41). The first-order valence-corrected chi connectivity index (χ1v) is 18.3. The van der Waals surface area contributed by atoms with Gasteiger partial charge >= 0.3 is 5.97 Å². The molecule has 1 aromatic carbocycles. The maximum absolute atomic E-state index is 10.3. The first-order chi connectivity index (χ1) is 26.1. The lowest BCUT2D eigenvalue weighted by atomic mass is 10.1. The van der Waals surface area contributed by atoms with Crippen LogP contribution < -0.4 is 4.90 Å². The highest BCUT2D eigenvalue weighted by atomic mass is 16.6. The van der Waals surface area contributed by atoms with E-state index in [-0.39, 0.29) is 26.2 Å². The van der Waals surface area contributed by atoms with Crippen molar-refractivity contribution in [3.8, 4) is 0 Å². The number of likely N-dealkylation sites (N-methyl/N-ethyl adjacent to an activating group) is 1. The van der Waals surface area contributed by atoms with Gasteiger partial charge in [-0.2, -0.15) is 0 Å². The molecule has 3 N–H and O–H groups in total. The minimum absolute atomic E-state index is 0.00700. The van der Waals surface area contributed by atoms with E-state index in [0.29, 0.717) is 159 Å². The van der Waals surface area contributed by atoms with Crippen LogP contribution >= 0.6 is 0 Å². The highest BCUT2D eigenvalue weighted by Crippen LogP contribution is 2.18. The van der Waals surface area contributed by atoms with Gasteiger partial charge in [0.05, 0.1) is 178 Å². The zero-order valence-corrected chi connectivity index (χ0v) is 31.6. The van der Waals surface area contributed by atoms with Crippen LogP contribution in [0.1, 0.15) is 17.5 Å². The summed E-state index contributed by atoms with van der Waals surface area (Å²) in [4.78, 5) is 12.4. The smallest absolute Gasteiger partial charge is 0.305 e. The molecule has 0 radical (unpaired) electrons. The van der Waals surface area contributed by atoms with E-state index in [4.69, 9.17) is 61.9 Å². The molecule has 0 saturated heterocycles. The van der Waals surface area contributed by atoms with Crippen LogP contribution in [0.2, 0.25) is 0 Å². The molecular weight excluding hydrogens is 702 g/mol. The normalized spacial score (nSPS) is 11.5. The molecule has 310 valence electrons. The third-order valence-electron chi connectivity index (χ3n) is 6.97. The van der Waals surface area contributed by atoms with Crippen molar-refractivity contribution in [3.63, 3.8) is 0 Å². The number of hydrogen-bond donors (Lipinski definition) is 3. The number of rotatable bonds is 42. The van der Waals surface area contributed by atoms with E-state index in [9.17, 15) is 15.0 Å². The number of carboxylic acids is 1. The lowest BCUT2D eigenvalue weighted by Gasteiger charge is -2.21. The minimum atomic E-state index is -0.878. The number of carbonyl (C=O) groups is 1. The third kappa shape index (κ3) is 33.0. The van der Waals surface area contributed by atoms with Gasteiger partial charge in [-0.3, -0.25) is 4.79 Å². The van der Waals surface area contributed by atoms with Crippen LogP contribution in [-0.4, -0.2) is 193 Å². The molecule has 0 heterocycles. The van der Waals surface area contributed by atoms with Crippen LogP contribution in [0, 0.1) is 0 Å². The van der Waals surface area contributed by atoms with E-state index >= 15 is 0 Å². The third-order valence-corrected chi connectivity index (χ3v) is 6.97. The number of nitrogens with zero attached hydrogens (tertiary/aromatic N) is 1. The molecule has 17 nitrogen and oxygen atoms in total. The molecule has 0 atom stereocenters. The van der Waals surface area contributed by atoms with E-state index in [1.165, 1.54) is 0 Å². The van der Waals surface area contributed by atoms with Crippen molar-refractivity contribution in [2.75, 3.05) is 177 Å². The number of aliphatic hydroxyl groups is 2. The summed E-state index contributed by atoms with van der Waals surface area (Å²) in [5.41, 5.74) is 2.46. The van der Waals surface area contributed by atoms with Gasteiger partial charge in [-0.05, 0) is 23.3 Å². The lowest BCUT2D eigenvalue weighted by Crippen LogP contribution is -2.23. The van der Waals surface area contributed by atoms with Gasteiger partial charge in [0.2, 0.25) is 0 Å². The average molecular weight is 768 g/mol. The summed E-state index contributed by atoms with van der Waals surface area (Å²) in [6, 6.07) is 5.59. The molecule has 1 aromatic rings. The van der Waals surface area contributed by atoms with Crippen molar-refractivity contribution in [2.45, 2.75) is 19.6 Å². The Morgan fingerprint density at radius 1 is 0.434 bits per heavy atom. The Bertz CT molecular complexity index is 925. The number of aliphatic carboxylic acids is 1. The highest BCUT2D eigenvalue weighted by molar-refractivity contribution is 5.66. The lowest BCUT2D eigenvalue weighted by molar-refractivity contribution is -0.138. The van der Waals surface area contributed by atoms with Crippen LogP contribution in [0.25, 0.3) is 0 Å². The fraction of sp³-hybridized carbons (Fsp3) is 0.806. The van der Waals surface area contributed by atoms with Gasteiger partial charge in [-0.15, -0.1) is 0 Å². The fourth-order valence-corrected chi connectivity index (χ4v) is 4.16. The Balaban J connectivity index is 1.68. The summed E-state index contributed by atoms with van der Waals surface area (Å²) in [5, 5.41) is 27.3. The molecule has 0 bridgehead atoms. The molecule has 0 saturated carbocycles. The Morgan fingerprint density at radius 2 is 0.679 bits per heavy atom. The zero-order chi connectivity index (χ0) is 38.3. The topological polar surface area (TPSA) is 192 Å². The number of ether oxygens (including phenoxy) is 12. The predicted octanol–water partition coefficient (Wildman–Crippen LogP) is 0.781. The van der Waals surface area contributed by atoms with Crippen molar-refractivity contribution in [1.29, 1.82) is 0 Å². The van der Waals surface area contributed by atoms with Crippen LogP contribution in [0.15, 0.2) is 18.2 Å². The van der Waals surface area contributed by atoms with Crippen LogP contribution in [0.4, 0.5) is 5.69 Å². The Kier molecular flexibility index (Phi) is 35.3. The summed E-state index contributed by atoms with van der Waals surface area (Å²) in [6.45, 7) is 11.6.